The van der Waals surface area contributed by atoms with Crippen LogP contribution in [0.25, 0.3) is 10.9 Å². The van der Waals surface area contributed by atoms with Gasteiger partial charge < -0.3 is 20.2 Å². The Balaban J connectivity index is 1.63. The predicted molar refractivity (Wildman–Crippen MR) is 110 cm³/mol. The average molecular weight is 405 g/mol. The molecule has 1 saturated heterocycles. The van der Waals surface area contributed by atoms with E-state index in [1.807, 2.05) is 30.5 Å². The molecule has 154 valence electrons. The maximum absolute atomic E-state index is 12.7. The molecular formula is C21H21N6O3-. The number of para-hydroxylation sites is 1. The first kappa shape index (κ1) is 19.6. The lowest BCUT2D eigenvalue weighted by molar-refractivity contribution is -0.308. The fraction of sp³-hybridized carbons (Fsp3) is 0.286. The molecule has 0 unspecified atom stereocenters. The van der Waals surface area contributed by atoms with Crippen molar-refractivity contribution in [3.05, 3.63) is 53.5 Å². The molecule has 0 radical (unpaired) electrons. The first-order valence-electron chi connectivity index (χ1n) is 9.64. The van der Waals surface area contributed by atoms with Gasteiger partial charge in [-0.3, -0.25) is 9.79 Å². The molecule has 0 spiro atoms. The number of aromatic nitrogens is 3. The molecule has 0 saturated carbocycles. The summed E-state index contributed by atoms with van der Waals surface area (Å²) in [5.74, 6) is -1.51. The largest absolute Gasteiger partial charge is 0.548 e. The highest BCUT2D eigenvalue weighted by atomic mass is 16.4. The predicted octanol–water partition coefficient (Wildman–Crippen LogP) is 0.618. The molecule has 9 heteroatoms. The van der Waals surface area contributed by atoms with Gasteiger partial charge in [-0.15, -0.1) is 0 Å². The molecular weight excluding hydrogens is 384 g/mol. The number of carboxylic acids is 1. The molecule has 1 fully saturated rings. The van der Waals surface area contributed by atoms with Crippen molar-refractivity contribution >= 4 is 34.7 Å². The Kier molecular flexibility index (Phi) is 5.18. The van der Waals surface area contributed by atoms with Crippen LogP contribution in [-0.2, 0) is 16.0 Å². The molecule has 1 amide bonds. The normalized spacial score (nSPS) is 18.1. The number of hydrogen-bond donors (Lipinski definition) is 2. The van der Waals surface area contributed by atoms with E-state index in [4.69, 9.17) is 0 Å². The van der Waals surface area contributed by atoms with Crippen LogP contribution in [0.3, 0.4) is 0 Å². The van der Waals surface area contributed by atoms with Gasteiger partial charge in [-0.2, -0.15) is 0 Å². The van der Waals surface area contributed by atoms with Crippen molar-refractivity contribution in [3.8, 4) is 0 Å². The van der Waals surface area contributed by atoms with Crippen molar-refractivity contribution in [1.82, 2.24) is 20.3 Å². The molecule has 3 heterocycles. The van der Waals surface area contributed by atoms with Gasteiger partial charge in [0.25, 0.3) is 0 Å². The van der Waals surface area contributed by atoms with Gasteiger partial charge in [0.15, 0.2) is 0 Å². The van der Waals surface area contributed by atoms with E-state index in [1.54, 1.807) is 19.9 Å². The lowest BCUT2D eigenvalue weighted by Gasteiger charge is -2.33. The number of benzene rings is 1. The molecule has 4 rings (SSSR count). The number of aromatic amines is 1. The fourth-order valence-electron chi connectivity index (χ4n) is 3.55. The van der Waals surface area contributed by atoms with Gasteiger partial charge in [-0.25, -0.2) is 14.9 Å². The zero-order valence-electron chi connectivity index (χ0n) is 16.7. The Morgan fingerprint density at radius 1 is 1.27 bits per heavy atom. The summed E-state index contributed by atoms with van der Waals surface area (Å²) in [5.41, 5.74) is 3.52. The summed E-state index contributed by atoms with van der Waals surface area (Å²) in [5, 5.41) is 15.3. The van der Waals surface area contributed by atoms with E-state index in [0.29, 0.717) is 24.4 Å². The first-order valence-corrected chi connectivity index (χ1v) is 9.64. The molecule has 1 aliphatic rings. The number of amides is 1. The maximum Gasteiger partial charge on any atom is 0.239 e. The molecule has 1 aromatic carbocycles. The maximum atomic E-state index is 12.7. The zero-order chi connectivity index (χ0) is 21.3. The second kappa shape index (κ2) is 7.94. The number of anilines is 1. The molecule has 9 nitrogen and oxygen atoms in total. The second-order valence-electron chi connectivity index (χ2n) is 7.21. The monoisotopic (exact) mass is 405 g/mol. The number of guanidine groups is 1. The summed E-state index contributed by atoms with van der Waals surface area (Å²) in [6.07, 6.45) is 2.28. The number of aryl methyl sites for hydroxylation is 2. The van der Waals surface area contributed by atoms with Crippen molar-refractivity contribution in [2.45, 2.75) is 32.7 Å². The van der Waals surface area contributed by atoms with Crippen molar-refractivity contribution in [1.29, 1.82) is 0 Å². The SMILES string of the molecule is Cc1cc(C)nc(N2C(=O)C[C@H](C(=O)[O-])NC2=NCCc2c[nH]c3ccccc23)n1. The number of carbonyl (C=O) groups excluding carboxylic acids is 2. The van der Waals surface area contributed by atoms with Crippen LogP contribution in [0.1, 0.15) is 23.4 Å². The number of fused-ring (bicyclic) bond motifs is 1. The Morgan fingerprint density at radius 3 is 2.73 bits per heavy atom. The Hall–Kier alpha value is -3.75. The van der Waals surface area contributed by atoms with E-state index in [2.05, 4.69) is 25.3 Å². The van der Waals surface area contributed by atoms with Gasteiger partial charge in [0.05, 0.1) is 18.4 Å². The second-order valence-corrected chi connectivity index (χ2v) is 7.21. The highest BCUT2D eigenvalue weighted by molar-refractivity contribution is 6.18. The van der Waals surface area contributed by atoms with E-state index in [-0.39, 0.29) is 18.3 Å². The van der Waals surface area contributed by atoms with Gasteiger partial charge >= 0.3 is 0 Å². The van der Waals surface area contributed by atoms with E-state index in [9.17, 15) is 14.7 Å². The minimum Gasteiger partial charge on any atom is -0.548 e. The average Bonchev–Trinajstić information content (AvgIpc) is 3.10. The van der Waals surface area contributed by atoms with Gasteiger partial charge in [-0.05, 0) is 38.0 Å². The van der Waals surface area contributed by atoms with Crippen LogP contribution in [0, 0.1) is 13.8 Å². The van der Waals surface area contributed by atoms with Crippen LogP contribution in [0.15, 0.2) is 41.5 Å². The highest BCUT2D eigenvalue weighted by Gasteiger charge is 2.34. The fourth-order valence-corrected chi connectivity index (χ4v) is 3.55. The third-order valence-corrected chi connectivity index (χ3v) is 4.92. The topological polar surface area (TPSA) is 126 Å². The van der Waals surface area contributed by atoms with Crippen LogP contribution in [0.4, 0.5) is 5.95 Å². The molecule has 2 aromatic heterocycles. The number of carbonyl (C=O) groups is 2. The number of aliphatic imine (C=N–C) groups is 1. The molecule has 1 atom stereocenters. The van der Waals surface area contributed by atoms with Crippen molar-refractivity contribution < 1.29 is 14.7 Å². The molecule has 0 aliphatic carbocycles. The number of nitrogens with zero attached hydrogens (tertiary/aromatic N) is 4. The van der Waals surface area contributed by atoms with Crippen LogP contribution in [0.2, 0.25) is 0 Å². The summed E-state index contributed by atoms with van der Waals surface area (Å²) in [6.45, 7) is 3.95. The smallest absolute Gasteiger partial charge is 0.239 e. The Bertz CT molecular complexity index is 1130. The summed E-state index contributed by atoms with van der Waals surface area (Å²) < 4.78 is 0. The minimum absolute atomic E-state index is 0.116. The van der Waals surface area contributed by atoms with Crippen molar-refractivity contribution in [3.63, 3.8) is 0 Å². The van der Waals surface area contributed by atoms with Gasteiger partial charge in [-0.1, -0.05) is 18.2 Å². The van der Waals surface area contributed by atoms with Gasteiger partial charge in [0, 0.05) is 35.0 Å². The standard InChI is InChI=1S/C21H22N6O3/c1-12-9-13(2)25-21(24-12)27-18(28)10-17(19(29)30)26-20(27)22-8-7-14-11-23-16-6-4-3-5-15(14)16/h3-6,9,11,17,23H,7-8,10H2,1-2H3,(H,22,26)(H,29,30)/p-1/t17-/m1/s1. The summed E-state index contributed by atoms with van der Waals surface area (Å²) in [7, 11) is 0. The highest BCUT2D eigenvalue weighted by Crippen LogP contribution is 2.19. The van der Waals surface area contributed by atoms with Crippen LogP contribution in [0.5, 0.6) is 0 Å². The number of rotatable bonds is 5. The summed E-state index contributed by atoms with van der Waals surface area (Å²) in [6, 6.07) is 8.60. The van der Waals surface area contributed by atoms with E-state index < -0.39 is 17.9 Å². The van der Waals surface area contributed by atoms with Crippen LogP contribution in [-0.4, -0.2) is 45.4 Å². The minimum atomic E-state index is -1.35. The molecule has 1 aliphatic heterocycles. The van der Waals surface area contributed by atoms with Gasteiger partial charge in [0.1, 0.15) is 0 Å². The van der Waals surface area contributed by atoms with Crippen LogP contribution < -0.4 is 15.3 Å². The number of H-pyrrole nitrogens is 1. The molecule has 3 aromatic rings. The van der Waals surface area contributed by atoms with Crippen molar-refractivity contribution in [2.75, 3.05) is 11.4 Å². The third-order valence-electron chi connectivity index (χ3n) is 4.92. The number of hydrogen-bond acceptors (Lipinski definition) is 6. The lowest BCUT2D eigenvalue weighted by Crippen LogP contribution is -2.61. The zero-order valence-corrected chi connectivity index (χ0v) is 16.7. The molecule has 0 bridgehead atoms. The lowest BCUT2D eigenvalue weighted by atomic mass is 10.1. The Labute approximate surface area is 172 Å². The van der Waals surface area contributed by atoms with Crippen molar-refractivity contribution in [2.24, 2.45) is 4.99 Å². The summed E-state index contributed by atoms with van der Waals surface area (Å²) >= 11 is 0. The summed E-state index contributed by atoms with van der Waals surface area (Å²) in [4.78, 5) is 41.7. The quantitative estimate of drug-likeness (QED) is 0.641. The third kappa shape index (κ3) is 3.86. The van der Waals surface area contributed by atoms with Crippen LogP contribution >= 0.6 is 0 Å². The van der Waals surface area contributed by atoms with Gasteiger partial charge in [0.2, 0.25) is 17.8 Å². The molecule has 30 heavy (non-hydrogen) atoms. The number of nitrogens with one attached hydrogen (secondary N) is 2. The number of aliphatic carboxylic acids is 1. The first-order chi connectivity index (χ1) is 14.4. The van der Waals surface area contributed by atoms with E-state index in [0.717, 1.165) is 16.5 Å². The number of carboxylic acid groups (broad SMARTS) is 1. The molecule has 2 N–H and O–H groups in total. The van der Waals surface area contributed by atoms with E-state index in [1.165, 1.54) is 4.90 Å². The van der Waals surface area contributed by atoms with E-state index >= 15 is 0 Å². The Morgan fingerprint density at radius 2 is 2.00 bits per heavy atom.